The van der Waals surface area contributed by atoms with Crippen LogP contribution in [0.3, 0.4) is 0 Å². The maximum Gasteiger partial charge on any atom is 0.222 e. The molecule has 0 bridgehead atoms. The van der Waals surface area contributed by atoms with Crippen molar-refractivity contribution < 1.29 is 9.47 Å². The normalized spacial score (nSPS) is 14.8. The third-order valence-electron chi connectivity index (χ3n) is 8.62. The van der Waals surface area contributed by atoms with Gasteiger partial charge < -0.3 is 9.47 Å². The lowest BCUT2D eigenvalue weighted by atomic mass is 9.86. The van der Waals surface area contributed by atoms with Crippen molar-refractivity contribution >= 4 is 5.57 Å². The van der Waals surface area contributed by atoms with Gasteiger partial charge in [0, 0.05) is 11.1 Å². The molecule has 0 radical (unpaired) electrons. The highest BCUT2D eigenvalue weighted by Crippen LogP contribution is 2.41. The van der Waals surface area contributed by atoms with Gasteiger partial charge in [0.25, 0.3) is 0 Å². The SMILES string of the molecule is C=C(c1ccccc1)C(OCC(C)Cc1ccc(C(C)(C)C)cc1)(OCC(C)Cc1ccc(C(C)(C)C)cc1)c1ccccc1. The molecule has 0 heterocycles. The monoisotopic (exact) mass is 602 g/mol. The maximum absolute atomic E-state index is 6.98. The number of hydrogen-bond donors (Lipinski definition) is 0. The summed E-state index contributed by atoms with van der Waals surface area (Å²) in [5, 5.41) is 0. The fourth-order valence-corrected chi connectivity index (χ4v) is 5.77. The van der Waals surface area contributed by atoms with Gasteiger partial charge in [-0.15, -0.1) is 0 Å². The van der Waals surface area contributed by atoms with E-state index in [1.807, 2.05) is 24.3 Å². The minimum absolute atomic E-state index is 0.144. The van der Waals surface area contributed by atoms with Crippen LogP contribution in [0.1, 0.15) is 88.8 Å². The summed E-state index contributed by atoms with van der Waals surface area (Å²) in [7, 11) is 0. The predicted molar refractivity (Wildman–Crippen MR) is 192 cm³/mol. The first kappa shape index (κ1) is 34.4. The van der Waals surface area contributed by atoms with Crippen molar-refractivity contribution in [3.63, 3.8) is 0 Å². The molecule has 0 saturated heterocycles. The van der Waals surface area contributed by atoms with Crippen LogP contribution in [0.25, 0.3) is 5.57 Å². The molecule has 2 atom stereocenters. The van der Waals surface area contributed by atoms with Crippen molar-refractivity contribution in [2.24, 2.45) is 11.8 Å². The first-order valence-corrected chi connectivity index (χ1v) is 16.5. The highest BCUT2D eigenvalue weighted by molar-refractivity contribution is 5.70. The van der Waals surface area contributed by atoms with Gasteiger partial charge in [0.1, 0.15) is 0 Å². The minimum atomic E-state index is -1.11. The Hall–Kier alpha value is -3.46. The average molecular weight is 603 g/mol. The molecule has 0 spiro atoms. The van der Waals surface area contributed by atoms with Crippen molar-refractivity contribution in [3.05, 3.63) is 149 Å². The third-order valence-corrected chi connectivity index (χ3v) is 8.62. The Balaban J connectivity index is 1.57. The summed E-state index contributed by atoms with van der Waals surface area (Å²) >= 11 is 0. The van der Waals surface area contributed by atoms with Crippen LogP contribution < -0.4 is 0 Å². The van der Waals surface area contributed by atoms with E-state index in [-0.39, 0.29) is 22.7 Å². The van der Waals surface area contributed by atoms with Crippen LogP contribution in [-0.4, -0.2) is 13.2 Å². The zero-order valence-corrected chi connectivity index (χ0v) is 28.9. The summed E-state index contributed by atoms with van der Waals surface area (Å²) in [6.45, 7) is 23.7. The Morgan fingerprint density at radius 3 is 1.29 bits per heavy atom. The van der Waals surface area contributed by atoms with E-state index in [0.717, 1.165) is 29.5 Å². The highest BCUT2D eigenvalue weighted by atomic mass is 16.7. The molecule has 2 unspecified atom stereocenters. The summed E-state index contributed by atoms with van der Waals surface area (Å²) in [6.07, 6.45) is 1.85. The summed E-state index contributed by atoms with van der Waals surface area (Å²) in [4.78, 5) is 0. The zero-order chi connectivity index (χ0) is 32.7. The van der Waals surface area contributed by atoms with Crippen molar-refractivity contribution in [1.29, 1.82) is 0 Å². The van der Waals surface area contributed by atoms with Crippen molar-refractivity contribution in [2.75, 3.05) is 13.2 Å². The number of benzene rings is 4. The van der Waals surface area contributed by atoms with Crippen LogP contribution in [-0.2, 0) is 38.9 Å². The second kappa shape index (κ2) is 14.8. The highest BCUT2D eigenvalue weighted by Gasteiger charge is 2.39. The van der Waals surface area contributed by atoms with Crippen LogP contribution in [0.4, 0.5) is 0 Å². The van der Waals surface area contributed by atoms with E-state index < -0.39 is 5.79 Å². The minimum Gasteiger partial charge on any atom is -0.342 e. The Bertz CT molecular complexity index is 1400. The molecular formula is C43H54O2. The van der Waals surface area contributed by atoms with Crippen LogP contribution >= 0.6 is 0 Å². The zero-order valence-electron chi connectivity index (χ0n) is 28.9. The molecule has 4 aromatic carbocycles. The molecule has 4 rings (SSSR count). The molecule has 0 N–H and O–H groups in total. The second-order valence-electron chi connectivity index (χ2n) is 15.0. The molecule has 0 saturated carbocycles. The van der Waals surface area contributed by atoms with Crippen molar-refractivity contribution in [3.8, 4) is 0 Å². The Morgan fingerprint density at radius 2 is 0.911 bits per heavy atom. The van der Waals surface area contributed by atoms with E-state index in [4.69, 9.17) is 9.47 Å². The molecule has 4 aromatic rings. The predicted octanol–water partition coefficient (Wildman–Crippen LogP) is 10.9. The molecule has 2 nitrogen and oxygen atoms in total. The Morgan fingerprint density at radius 1 is 0.533 bits per heavy atom. The lowest BCUT2D eigenvalue weighted by Gasteiger charge is -2.38. The van der Waals surface area contributed by atoms with E-state index in [9.17, 15) is 0 Å². The van der Waals surface area contributed by atoms with E-state index >= 15 is 0 Å². The van der Waals surface area contributed by atoms with Gasteiger partial charge in [-0.1, -0.05) is 171 Å². The van der Waals surface area contributed by atoms with Gasteiger partial charge in [0.2, 0.25) is 5.79 Å². The van der Waals surface area contributed by atoms with E-state index in [1.54, 1.807) is 0 Å². The lowest BCUT2D eigenvalue weighted by Crippen LogP contribution is -2.37. The van der Waals surface area contributed by atoms with Crippen molar-refractivity contribution in [1.82, 2.24) is 0 Å². The van der Waals surface area contributed by atoms with Gasteiger partial charge >= 0.3 is 0 Å². The Labute approximate surface area is 273 Å². The van der Waals surface area contributed by atoms with Gasteiger partial charge in [0.15, 0.2) is 0 Å². The van der Waals surface area contributed by atoms with Gasteiger partial charge in [-0.2, -0.15) is 0 Å². The molecule has 45 heavy (non-hydrogen) atoms. The van der Waals surface area contributed by atoms with Crippen LogP contribution in [0, 0.1) is 11.8 Å². The van der Waals surface area contributed by atoms with E-state index in [1.165, 1.54) is 22.3 Å². The molecule has 2 heteroatoms. The van der Waals surface area contributed by atoms with Crippen LogP contribution in [0.15, 0.2) is 116 Å². The summed E-state index contributed by atoms with van der Waals surface area (Å²) < 4.78 is 14.0. The first-order valence-electron chi connectivity index (χ1n) is 16.5. The van der Waals surface area contributed by atoms with Gasteiger partial charge in [-0.05, 0) is 63.3 Å². The number of rotatable bonds is 13. The maximum atomic E-state index is 6.98. The topological polar surface area (TPSA) is 18.5 Å². The van der Waals surface area contributed by atoms with Gasteiger partial charge in [-0.25, -0.2) is 0 Å². The molecule has 0 fully saturated rings. The molecular weight excluding hydrogens is 548 g/mol. The smallest absolute Gasteiger partial charge is 0.222 e. The average Bonchev–Trinajstić information content (AvgIpc) is 3.01. The molecule has 0 amide bonds. The van der Waals surface area contributed by atoms with Crippen LogP contribution in [0.2, 0.25) is 0 Å². The molecule has 0 aliphatic heterocycles. The van der Waals surface area contributed by atoms with Crippen LogP contribution in [0.5, 0.6) is 0 Å². The summed E-state index contributed by atoms with van der Waals surface area (Å²) in [5.41, 5.74) is 8.42. The fraction of sp³-hybridized carbons (Fsp3) is 0.395. The molecule has 238 valence electrons. The third kappa shape index (κ3) is 9.28. The standard InChI is InChI=1S/C43H54O2/c1-32(28-35-20-24-38(25-21-35)41(4,5)6)30-44-43(40-18-14-11-15-19-40,34(3)37-16-12-10-13-17-37)45-31-33(2)29-36-22-26-39(27-23-36)42(7,8)9/h10-27,32-33H,3,28-31H2,1-2,4-9H3. The first-order chi connectivity index (χ1) is 21.3. The summed E-state index contributed by atoms with van der Waals surface area (Å²) in [6, 6.07) is 38.7. The quantitative estimate of drug-likeness (QED) is 0.142. The van der Waals surface area contributed by atoms with E-state index in [2.05, 4.69) is 147 Å². The second-order valence-corrected chi connectivity index (χ2v) is 15.0. The Kier molecular flexibility index (Phi) is 11.3. The molecule has 0 aliphatic carbocycles. The summed E-state index contributed by atoms with van der Waals surface area (Å²) in [5.74, 6) is -0.559. The molecule has 0 aliphatic rings. The van der Waals surface area contributed by atoms with E-state index in [0.29, 0.717) is 13.2 Å². The van der Waals surface area contributed by atoms with Crippen molar-refractivity contribution in [2.45, 2.75) is 84.8 Å². The molecule has 0 aromatic heterocycles. The fourth-order valence-electron chi connectivity index (χ4n) is 5.77. The van der Waals surface area contributed by atoms with Gasteiger partial charge in [0.05, 0.1) is 13.2 Å². The largest absolute Gasteiger partial charge is 0.342 e. The number of ether oxygens (including phenoxy) is 2. The number of hydrogen-bond acceptors (Lipinski definition) is 2. The lowest BCUT2D eigenvalue weighted by molar-refractivity contribution is -0.215. The van der Waals surface area contributed by atoms with Gasteiger partial charge in [-0.3, -0.25) is 0 Å².